The normalized spacial score (nSPS) is 11.3. The van der Waals surface area contributed by atoms with Crippen molar-refractivity contribution in [3.8, 4) is 28.2 Å². The van der Waals surface area contributed by atoms with Crippen molar-refractivity contribution in [1.29, 1.82) is 0 Å². The van der Waals surface area contributed by atoms with Gasteiger partial charge in [-0.3, -0.25) is 9.97 Å². The summed E-state index contributed by atoms with van der Waals surface area (Å²) in [5.41, 5.74) is 7.41. The van der Waals surface area contributed by atoms with Crippen molar-refractivity contribution in [2.75, 3.05) is 0 Å². The van der Waals surface area contributed by atoms with E-state index in [0.717, 1.165) is 38.2 Å². The van der Waals surface area contributed by atoms with Crippen LogP contribution in [0.1, 0.15) is 0 Å². The molecule has 0 atom stereocenters. The van der Waals surface area contributed by atoms with E-state index in [2.05, 4.69) is 91.1 Å². The fraction of sp³-hybridized carbons (Fsp3) is 0. The van der Waals surface area contributed by atoms with Gasteiger partial charge in [0.15, 0.2) is 0 Å². The molecule has 0 saturated heterocycles. The summed E-state index contributed by atoms with van der Waals surface area (Å²) in [6.07, 6.45) is 3.67. The van der Waals surface area contributed by atoms with E-state index in [9.17, 15) is 0 Å². The summed E-state index contributed by atoms with van der Waals surface area (Å²) in [6, 6.07) is 33.6. The van der Waals surface area contributed by atoms with E-state index < -0.39 is 0 Å². The first-order valence-corrected chi connectivity index (χ1v) is 11.2. The van der Waals surface area contributed by atoms with Crippen LogP contribution in [0.15, 0.2) is 114 Å². The molecule has 6 aromatic rings. The molecule has 0 saturated carbocycles. The van der Waals surface area contributed by atoms with Gasteiger partial charge in [0.1, 0.15) is 0 Å². The molecular weight excluding hydrogens is 458 g/mol. The van der Waals surface area contributed by atoms with Crippen LogP contribution >= 0.6 is 15.9 Å². The van der Waals surface area contributed by atoms with E-state index in [1.807, 2.05) is 48.8 Å². The minimum Gasteiger partial charge on any atom is -0.309 e. The molecule has 0 amide bonds. The van der Waals surface area contributed by atoms with Gasteiger partial charge in [-0.2, -0.15) is 0 Å². The minimum absolute atomic E-state index is 0.938. The predicted octanol–water partition coefficient (Wildman–Crippen LogP) is 7.67. The molecule has 152 valence electrons. The SMILES string of the molecule is Brc1ccc2c3ccccc3n(-c3cc(-c4ccccn4)cc(-c4ccccn4)c3)c2c1. The van der Waals surface area contributed by atoms with Crippen molar-refractivity contribution in [3.05, 3.63) is 114 Å². The molecule has 4 heteroatoms. The largest absolute Gasteiger partial charge is 0.309 e. The Labute approximate surface area is 194 Å². The molecule has 3 heterocycles. The van der Waals surface area contributed by atoms with E-state index >= 15 is 0 Å². The van der Waals surface area contributed by atoms with Gasteiger partial charge in [0.2, 0.25) is 0 Å². The molecule has 0 aliphatic rings. The lowest BCUT2D eigenvalue weighted by Gasteiger charge is -2.13. The highest BCUT2D eigenvalue weighted by Crippen LogP contribution is 2.36. The van der Waals surface area contributed by atoms with E-state index in [1.54, 1.807) is 0 Å². The fourth-order valence-corrected chi connectivity index (χ4v) is 4.67. The predicted molar refractivity (Wildman–Crippen MR) is 135 cm³/mol. The van der Waals surface area contributed by atoms with Gasteiger partial charge in [0, 0.05) is 44.5 Å². The van der Waals surface area contributed by atoms with Crippen LogP contribution in [0, 0.1) is 0 Å². The summed E-state index contributed by atoms with van der Waals surface area (Å²) in [7, 11) is 0. The number of pyridine rings is 2. The fourth-order valence-electron chi connectivity index (χ4n) is 4.32. The van der Waals surface area contributed by atoms with Crippen LogP contribution in [-0.2, 0) is 0 Å². The third-order valence-corrected chi connectivity index (χ3v) is 6.23. The van der Waals surface area contributed by atoms with E-state index in [0.29, 0.717) is 0 Å². The van der Waals surface area contributed by atoms with Crippen molar-refractivity contribution in [1.82, 2.24) is 14.5 Å². The third-order valence-electron chi connectivity index (χ3n) is 5.73. The molecule has 3 aromatic heterocycles. The Bertz CT molecular complexity index is 1510. The standard InChI is InChI=1S/C28H18BrN3/c29-21-11-12-24-23-7-1-2-10-27(23)32(28(24)18-21)22-16-19(25-8-3-5-13-30-25)15-20(17-22)26-9-4-6-14-31-26/h1-18H. The first-order chi connectivity index (χ1) is 15.8. The maximum Gasteiger partial charge on any atom is 0.0702 e. The second kappa shape index (κ2) is 7.74. The lowest BCUT2D eigenvalue weighted by atomic mass is 10.0. The zero-order chi connectivity index (χ0) is 21.5. The number of hydrogen-bond donors (Lipinski definition) is 0. The highest BCUT2D eigenvalue weighted by Gasteiger charge is 2.15. The van der Waals surface area contributed by atoms with Gasteiger partial charge in [-0.1, -0.05) is 52.3 Å². The molecule has 3 nitrogen and oxygen atoms in total. The molecule has 6 rings (SSSR count). The minimum atomic E-state index is 0.938. The second-order valence-corrected chi connectivity index (χ2v) is 8.63. The maximum atomic E-state index is 4.61. The molecule has 0 radical (unpaired) electrons. The number of halogens is 1. The Morgan fingerprint density at radius 1 is 0.562 bits per heavy atom. The lowest BCUT2D eigenvalue weighted by Crippen LogP contribution is -1.97. The van der Waals surface area contributed by atoms with Crippen molar-refractivity contribution in [2.24, 2.45) is 0 Å². The topological polar surface area (TPSA) is 30.7 Å². The number of hydrogen-bond acceptors (Lipinski definition) is 2. The molecule has 0 aliphatic carbocycles. The highest BCUT2D eigenvalue weighted by atomic mass is 79.9. The summed E-state index contributed by atoms with van der Waals surface area (Å²) in [5, 5.41) is 2.46. The van der Waals surface area contributed by atoms with Gasteiger partial charge < -0.3 is 4.57 Å². The Morgan fingerprint density at radius 2 is 1.19 bits per heavy atom. The smallest absolute Gasteiger partial charge is 0.0702 e. The molecule has 0 aliphatic heterocycles. The number of rotatable bonds is 3. The van der Waals surface area contributed by atoms with Crippen molar-refractivity contribution in [2.45, 2.75) is 0 Å². The van der Waals surface area contributed by atoms with Crippen LogP contribution in [0.4, 0.5) is 0 Å². The Kier molecular flexibility index (Phi) is 4.58. The Hall–Kier alpha value is -3.76. The van der Waals surface area contributed by atoms with Crippen molar-refractivity contribution in [3.63, 3.8) is 0 Å². The van der Waals surface area contributed by atoms with Crippen molar-refractivity contribution >= 4 is 37.7 Å². The molecule has 3 aromatic carbocycles. The average Bonchev–Trinajstić information content (AvgIpc) is 3.18. The van der Waals surface area contributed by atoms with E-state index in [-0.39, 0.29) is 0 Å². The van der Waals surface area contributed by atoms with Gasteiger partial charge in [-0.05, 0) is 60.7 Å². The molecule has 0 fully saturated rings. The summed E-state index contributed by atoms with van der Waals surface area (Å²) in [6.45, 7) is 0. The molecule has 0 unspecified atom stereocenters. The van der Waals surface area contributed by atoms with Gasteiger partial charge >= 0.3 is 0 Å². The first kappa shape index (κ1) is 19.0. The van der Waals surface area contributed by atoms with Gasteiger partial charge in [-0.25, -0.2) is 0 Å². The number of aromatic nitrogens is 3. The lowest BCUT2D eigenvalue weighted by molar-refractivity contribution is 1.17. The zero-order valence-electron chi connectivity index (χ0n) is 17.1. The molecule has 0 bridgehead atoms. The Balaban J connectivity index is 1.70. The summed E-state index contributed by atoms with van der Waals surface area (Å²) >= 11 is 3.67. The number of benzene rings is 3. The molecule has 0 spiro atoms. The van der Waals surface area contributed by atoms with Gasteiger partial charge in [0.05, 0.1) is 22.4 Å². The third kappa shape index (κ3) is 3.20. The van der Waals surface area contributed by atoms with Crippen molar-refractivity contribution < 1.29 is 0 Å². The Morgan fingerprint density at radius 3 is 1.84 bits per heavy atom. The second-order valence-electron chi connectivity index (χ2n) is 7.71. The van der Waals surface area contributed by atoms with Crippen LogP contribution < -0.4 is 0 Å². The summed E-state index contributed by atoms with van der Waals surface area (Å²) in [5.74, 6) is 0. The first-order valence-electron chi connectivity index (χ1n) is 10.4. The molecular formula is C28H18BrN3. The van der Waals surface area contributed by atoms with E-state index in [4.69, 9.17) is 0 Å². The number of para-hydroxylation sites is 1. The zero-order valence-corrected chi connectivity index (χ0v) is 18.7. The van der Waals surface area contributed by atoms with Crippen LogP contribution in [0.3, 0.4) is 0 Å². The number of fused-ring (bicyclic) bond motifs is 3. The monoisotopic (exact) mass is 475 g/mol. The van der Waals surface area contributed by atoms with Gasteiger partial charge in [0.25, 0.3) is 0 Å². The maximum absolute atomic E-state index is 4.61. The summed E-state index contributed by atoms with van der Waals surface area (Å²) in [4.78, 5) is 9.22. The van der Waals surface area contributed by atoms with Crippen LogP contribution in [0.2, 0.25) is 0 Å². The highest BCUT2D eigenvalue weighted by molar-refractivity contribution is 9.10. The van der Waals surface area contributed by atoms with Crippen LogP contribution in [0.5, 0.6) is 0 Å². The van der Waals surface area contributed by atoms with Gasteiger partial charge in [-0.15, -0.1) is 0 Å². The molecule has 32 heavy (non-hydrogen) atoms. The van der Waals surface area contributed by atoms with E-state index in [1.165, 1.54) is 16.3 Å². The average molecular weight is 476 g/mol. The van der Waals surface area contributed by atoms with Crippen LogP contribution in [0.25, 0.3) is 50.0 Å². The number of nitrogens with zero attached hydrogens (tertiary/aromatic N) is 3. The summed E-state index contributed by atoms with van der Waals surface area (Å²) < 4.78 is 3.38. The molecule has 0 N–H and O–H groups in total. The quantitative estimate of drug-likeness (QED) is 0.262. The van der Waals surface area contributed by atoms with Crippen LogP contribution in [-0.4, -0.2) is 14.5 Å².